The molecule has 24 heavy (non-hydrogen) atoms. The van der Waals surface area contributed by atoms with Gasteiger partial charge in [0, 0.05) is 44.6 Å². The molecule has 2 aromatic rings. The zero-order valence-electron chi connectivity index (χ0n) is 14.1. The maximum Gasteiger partial charge on any atom is 0.143 e. The molecular formula is C18H22FN5. The van der Waals surface area contributed by atoms with Gasteiger partial charge in [-0.25, -0.2) is 9.37 Å². The van der Waals surface area contributed by atoms with Crippen LogP contribution < -0.4 is 4.90 Å². The molecule has 0 bridgehead atoms. The third kappa shape index (κ3) is 3.13. The van der Waals surface area contributed by atoms with Gasteiger partial charge in [0.05, 0.1) is 12.2 Å². The second-order valence-electron chi connectivity index (χ2n) is 6.14. The van der Waals surface area contributed by atoms with Gasteiger partial charge in [-0.05, 0) is 26.0 Å². The van der Waals surface area contributed by atoms with Gasteiger partial charge in [0.2, 0.25) is 0 Å². The molecule has 1 aliphatic heterocycles. The van der Waals surface area contributed by atoms with E-state index in [1.807, 2.05) is 24.5 Å². The van der Waals surface area contributed by atoms with E-state index in [4.69, 9.17) is 0 Å². The second-order valence-corrected chi connectivity index (χ2v) is 6.14. The molecule has 2 heterocycles. The number of imidazole rings is 1. The number of hydrogen-bond donors (Lipinski definition) is 0. The molecule has 0 spiro atoms. The third-order valence-electron chi connectivity index (χ3n) is 4.70. The highest BCUT2D eigenvalue weighted by atomic mass is 19.1. The van der Waals surface area contributed by atoms with E-state index in [2.05, 4.69) is 33.2 Å². The fourth-order valence-corrected chi connectivity index (χ4v) is 3.30. The summed E-state index contributed by atoms with van der Waals surface area (Å²) >= 11 is 0. The first-order valence-electron chi connectivity index (χ1n) is 8.31. The quantitative estimate of drug-likeness (QED) is 0.866. The molecule has 5 nitrogen and oxygen atoms in total. The summed E-state index contributed by atoms with van der Waals surface area (Å²) in [5.41, 5.74) is 0.832. The van der Waals surface area contributed by atoms with E-state index in [9.17, 15) is 9.65 Å². The largest absolute Gasteiger partial charge is 0.368 e. The molecule has 1 saturated heterocycles. The van der Waals surface area contributed by atoms with Crippen LogP contribution in [0.3, 0.4) is 0 Å². The Morgan fingerprint density at radius 2 is 2.21 bits per heavy atom. The van der Waals surface area contributed by atoms with Crippen molar-refractivity contribution >= 4 is 5.69 Å². The fourth-order valence-electron chi connectivity index (χ4n) is 3.30. The number of aryl methyl sites for hydroxylation is 1. The second kappa shape index (κ2) is 7.02. The van der Waals surface area contributed by atoms with Crippen molar-refractivity contribution in [3.8, 4) is 6.07 Å². The topological polar surface area (TPSA) is 48.1 Å². The lowest BCUT2D eigenvalue weighted by atomic mass is 10.1. The van der Waals surface area contributed by atoms with Crippen LogP contribution in [0, 0.1) is 17.1 Å². The number of halogens is 1. The summed E-state index contributed by atoms with van der Waals surface area (Å²) in [6.07, 6.45) is 3.84. The Morgan fingerprint density at radius 1 is 1.38 bits per heavy atom. The number of nitrogens with zero attached hydrogens (tertiary/aromatic N) is 5. The molecule has 1 aromatic heterocycles. The highest BCUT2D eigenvalue weighted by molar-refractivity contribution is 5.60. The lowest BCUT2D eigenvalue weighted by Gasteiger charge is -2.41. The third-order valence-corrected chi connectivity index (χ3v) is 4.70. The first-order chi connectivity index (χ1) is 11.6. The molecule has 1 aliphatic rings. The van der Waals surface area contributed by atoms with Gasteiger partial charge in [-0.2, -0.15) is 5.26 Å². The van der Waals surface area contributed by atoms with Crippen LogP contribution in [0.1, 0.15) is 25.2 Å². The zero-order chi connectivity index (χ0) is 17.1. The van der Waals surface area contributed by atoms with Crippen LogP contribution in [0.25, 0.3) is 0 Å². The van der Waals surface area contributed by atoms with Crippen molar-refractivity contribution in [2.45, 2.75) is 33.0 Å². The van der Waals surface area contributed by atoms with E-state index in [0.29, 0.717) is 11.7 Å². The van der Waals surface area contributed by atoms with E-state index in [1.165, 1.54) is 6.07 Å². The lowest BCUT2D eigenvalue weighted by molar-refractivity contribution is 0.174. The van der Waals surface area contributed by atoms with Gasteiger partial charge in [-0.3, -0.25) is 4.90 Å². The standard InChI is InChI=1S/C18H22FN5/c1-3-22-8-7-21-18(22)13-23-9-10-24(12-14(23)2)17-6-4-5-16(19)15(17)11-20/h4-8,14H,3,9-10,12-13H2,1-2H3. The number of hydrogen-bond acceptors (Lipinski definition) is 4. The summed E-state index contributed by atoms with van der Waals surface area (Å²) in [6, 6.07) is 7.13. The van der Waals surface area contributed by atoms with Crippen molar-refractivity contribution in [1.82, 2.24) is 14.5 Å². The number of nitriles is 1. The molecule has 6 heteroatoms. The van der Waals surface area contributed by atoms with Crippen molar-refractivity contribution in [3.05, 3.63) is 47.8 Å². The van der Waals surface area contributed by atoms with E-state index in [0.717, 1.165) is 38.5 Å². The average Bonchev–Trinajstić information content (AvgIpc) is 3.03. The maximum absolute atomic E-state index is 13.8. The zero-order valence-corrected chi connectivity index (χ0v) is 14.1. The predicted molar refractivity (Wildman–Crippen MR) is 91.1 cm³/mol. The van der Waals surface area contributed by atoms with Crippen LogP contribution in [-0.2, 0) is 13.1 Å². The average molecular weight is 327 g/mol. The molecule has 0 amide bonds. The van der Waals surface area contributed by atoms with Crippen molar-refractivity contribution < 1.29 is 4.39 Å². The van der Waals surface area contributed by atoms with Crippen molar-refractivity contribution in [2.75, 3.05) is 24.5 Å². The molecule has 1 fully saturated rings. The summed E-state index contributed by atoms with van der Waals surface area (Å²) in [5.74, 6) is 0.622. The summed E-state index contributed by atoms with van der Waals surface area (Å²) in [5, 5.41) is 9.24. The molecule has 0 aliphatic carbocycles. The van der Waals surface area contributed by atoms with E-state index in [-0.39, 0.29) is 5.56 Å². The summed E-state index contributed by atoms with van der Waals surface area (Å²) in [6.45, 7) is 8.40. The van der Waals surface area contributed by atoms with Gasteiger partial charge in [0.1, 0.15) is 23.3 Å². The van der Waals surface area contributed by atoms with Crippen LogP contribution in [0.15, 0.2) is 30.6 Å². The van der Waals surface area contributed by atoms with Crippen LogP contribution in [0.5, 0.6) is 0 Å². The van der Waals surface area contributed by atoms with Gasteiger partial charge in [0.25, 0.3) is 0 Å². The highest BCUT2D eigenvalue weighted by Crippen LogP contribution is 2.25. The van der Waals surface area contributed by atoms with Gasteiger partial charge in [-0.1, -0.05) is 6.07 Å². The normalized spacial score (nSPS) is 18.6. The Hall–Kier alpha value is -2.39. The smallest absolute Gasteiger partial charge is 0.143 e. The van der Waals surface area contributed by atoms with Crippen molar-refractivity contribution in [3.63, 3.8) is 0 Å². The Bertz CT molecular complexity index is 748. The van der Waals surface area contributed by atoms with E-state index in [1.54, 1.807) is 6.07 Å². The minimum Gasteiger partial charge on any atom is -0.368 e. The number of aromatic nitrogens is 2. The molecular weight excluding hydrogens is 305 g/mol. The van der Waals surface area contributed by atoms with Gasteiger partial charge in [-0.15, -0.1) is 0 Å². The van der Waals surface area contributed by atoms with Crippen molar-refractivity contribution in [1.29, 1.82) is 5.26 Å². The van der Waals surface area contributed by atoms with Crippen LogP contribution >= 0.6 is 0 Å². The molecule has 1 aromatic carbocycles. The minimum absolute atomic E-state index is 0.139. The number of anilines is 1. The number of rotatable bonds is 4. The molecule has 126 valence electrons. The Balaban J connectivity index is 1.72. The van der Waals surface area contributed by atoms with E-state index < -0.39 is 5.82 Å². The van der Waals surface area contributed by atoms with Gasteiger partial charge >= 0.3 is 0 Å². The Labute approximate surface area is 141 Å². The molecule has 1 atom stereocenters. The summed E-state index contributed by atoms with van der Waals surface area (Å²) in [7, 11) is 0. The number of benzene rings is 1. The molecule has 0 N–H and O–H groups in total. The summed E-state index contributed by atoms with van der Waals surface area (Å²) in [4.78, 5) is 8.94. The highest BCUT2D eigenvalue weighted by Gasteiger charge is 2.26. The first-order valence-corrected chi connectivity index (χ1v) is 8.31. The predicted octanol–water partition coefficient (Wildman–Crippen LogP) is 2.62. The molecule has 0 radical (unpaired) electrons. The minimum atomic E-state index is -0.449. The maximum atomic E-state index is 13.8. The van der Waals surface area contributed by atoms with Gasteiger partial charge < -0.3 is 9.47 Å². The lowest BCUT2D eigenvalue weighted by Crippen LogP contribution is -2.52. The fraction of sp³-hybridized carbons (Fsp3) is 0.444. The van der Waals surface area contributed by atoms with E-state index >= 15 is 0 Å². The SMILES string of the molecule is CCn1ccnc1CN1CCN(c2cccc(F)c2C#N)CC1C. The van der Waals surface area contributed by atoms with Crippen LogP contribution in [0.4, 0.5) is 10.1 Å². The van der Waals surface area contributed by atoms with Crippen LogP contribution in [0.2, 0.25) is 0 Å². The van der Waals surface area contributed by atoms with Crippen molar-refractivity contribution in [2.24, 2.45) is 0 Å². The Morgan fingerprint density at radius 3 is 2.92 bits per heavy atom. The molecule has 1 unspecified atom stereocenters. The molecule has 0 saturated carbocycles. The van der Waals surface area contributed by atoms with Gasteiger partial charge in [0.15, 0.2) is 0 Å². The van der Waals surface area contributed by atoms with Crippen LogP contribution in [-0.4, -0.2) is 40.1 Å². The summed E-state index contributed by atoms with van der Waals surface area (Å²) < 4.78 is 16.0. The monoisotopic (exact) mass is 327 g/mol. The molecule has 3 rings (SSSR count). The number of piperazine rings is 1. The first kappa shape index (κ1) is 16.5. The Kier molecular flexibility index (Phi) is 4.81.